The Kier molecular flexibility index (Phi) is 4.04. The molecule has 2 atom stereocenters. The highest BCUT2D eigenvalue weighted by molar-refractivity contribution is 5.88. The first-order valence-electron chi connectivity index (χ1n) is 6.40. The van der Waals surface area contributed by atoms with Gasteiger partial charge in [-0.2, -0.15) is 0 Å². The zero-order valence-electron chi connectivity index (χ0n) is 10.9. The van der Waals surface area contributed by atoms with Gasteiger partial charge in [-0.3, -0.25) is 9.59 Å². The van der Waals surface area contributed by atoms with Crippen molar-refractivity contribution in [3.8, 4) is 0 Å². The highest BCUT2D eigenvalue weighted by Gasteiger charge is 2.37. The molecule has 7 nitrogen and oxygen atoms in total. The normalized spacial score (nSPS) is 28.4. The third-order valence-corrected chi connectivity index (χ3v) is 3.56. The molecule has 2 fully saturated rings. The van der Waals surface area contributed by atoms with E-state index in [1.165, 1.54) is 4.90 Å². The van der Waals surface area contributed by atoms with E-state index in [4.69, 9.17) is 9.84 Å². The SMILES string of the molecule is CN1CCCN(C(=O)C2CCC(C(=O)O)O2)CC1=O. The maximum absolute atomic E-state index is 12.2. The topological polar surface area (TPSA) is 87.2 Å². The number of carboxylic acid groups (broad SMARTS) is 1. The van der Waals surface area contributed by atoms with Crippen molar-refractivity contribution in [2.24, 2.45) is 0 Å². The number of carbonyl (C=O) groups excluding carboxylic acids is 2. The highest BCUT2D eigenvalue weighted by atomic mass is 16.5. The Balaban J connectivity index is 1.96. The molecule has 2 aliphatic heterocycles. The molecule has 2 rings (SSSR count). The molecule has 0 aromatic rings. The average Bonchev–Trinajstić information content (AvgIpc) is 2.79. The van der Waals surface area contributed by atoms with Crippen molar-refractivity contribution in [2.45, 2.75) is 31.5 Å². The molecule has 0 saturated carbocycles. The second-order valence-corrected chi connectivity index (χ2v) is 4.96. The Bertz CT molecular complexity index is 398. The Morgan fingerprint density at radius 2 is 1.95 bits per heavy atom. The maximum atomic E-state index is 12.2. The molecule has 2 unspecified atom stereocenters. The van der Waals surface area contributed by atoms with Gasteiger partial charge in [-0.1, -0.05) is 0 Å². The molecule has 2 amide bonds. The van der Waals surface area contributed by atoms with Crippen molar-refractivity contribution in [1.82, 2.24) is 9.80 Å². The van der Waals surface area contributed by atoms with Crippen LogP contribution in [0.15, 0.2) is 0 Å². The standard InChI is InChI=1S/C12H18N2O5/c1-13-5-2-6-14(7-10(13)15)11(16)8-3-4-9(19-8)12(17)18/h8-9H,2-7H2,1H3,(H,17,18). The number of aliphatic carboxylic acids is 1. The molecule has 0 bridgehead atoms. The average molecular weight is 270 g/mol. The number of hydrogen-bond acceptors (Lipinski definition) is 4. The monoisotopic (exact) mass is 270 g/mol. The first-order valence-corrected chi connectivity index (χ1v) is 6.40. The maximum Gasteiger partial charge on any atom is 0.332 e. The summed E-state index contributed by atoms with van der Waals surface area (Å²) >= 11 is 0. The number of rotatable bonds is 2. The number of carboxylic acids is 1. The molecule has 2 saturated heterocycles. The lowest BCUT2D eigenvalue weighted by molar-refractivity contribution is -0.155. The molecule has 0 aromatic carbocycles. The third-order valence-electron chi connectivity index (χ3n) is 3.56. The fraction of sp³-hybridized carbons (Fsp3) is 0.750. The molecule has 1 N–H and O–H groups in total. The van der Waals surface area contributed by atoms with E-state index in [1.54, 1.807) is 11.9 Å². The number of hydrogen-bond donors (Lipinski definition) is 1. The second-order valence-electron chi connectivity index (χ2n) is 4.96. The molecular weight excluding hydrogens is 252 g/mol. The smallest absolute Gasteiger partial charge is 0.332 e. The Morgan fingerprint density at radius 1 is 1.26 bits per heavy atom. The molecule has 106 valence electrons. The molecular formula is C12H18N2O5. The van der Waals surface area contributed by atoms with E-state index < -0.39 is 18.2 Å². The summed E-state index contributed by atoms with van der Waals surface area (Å²) in [5.74, 6) is -1.41. The van der Waals surface area contributed by atoms with Gasteiger partial charge in [0.25, 0.3) is 5.91 Å². The lowest BCUT2D eigenvalue weighted by atomic mass is 10.2. The molecule has 2 aliphatic rings. The lowest BCUT2D eigenvalue weighted by Gasteiger charge is -2.23. The molecule has 2 heterocycles. The summed E-state index contributed by atoms with van der Waals surface area (Å²) in [6, 6.07) is 0. The minimum atomic E-state index is -1.04. The van der Waals surface area contributed by atoms with Gasteiger partial charge in [0.2, 0.25) is 5.91 Å². The van der Waals surface area contributed by atoms with E-state index in [1.807, 2.05) is 0 Å². The van der Waals surface area contributed by atoms with E-state index >= 15 is 0 Å². The van der Waals surface area contributed by atoms with Crippen LogP contribution in [0, 0.1) is 0 Å². The van der Waals surface area contributed by atoms with Crippen molar-refractivity contribution in [3.05, 3.63) is 0 Å². The van der Waals surface area contributed by atoms with Gasteiger partial charge < -0.3 is 19.6 Å². The van der Waals surface area contributed by atoms with Gasteiger partial charge in [-0.15, -0.1) is 0 Å². The second kappa shape index (κ2) is 5.56. The van der Waals surface area contributed by atoms with Crippen LogP contribution in [0.5, 0.6) is 0 Å². The van der Waals surface area contributed by atoms with Crippen LogP contribution in [0.2, 0.25) is 0 Å². The van der Waals surface area contributed by atoms with E-state index in [2.05, 4.69) is 0 Å². The van der Waals surface area contributed by atoms with Crippen LogP contribution in [0.1, 0.15) is 19.3 Å². The summed E-state index contributed by atoms with van der Waals surface area (Å²) in [5, 5.41) is 8.83. The number of ether oxygens (including phenoxy) is 1. The van der Waals surface area contributed by atoms with Crippen LogP contribution in [-0.2, 0) is 19.1 Å². The van der Waals surface area contributed by atoms with E-state index in [9.17, 15) is 14.4 Å². The predicted molar refractivity (Wildman–Crippen MR) is 64.4 cm³/mol. The fourth-order valence-electron chi connectivity index (χ4n) is 2.38. The van der Waals surface area contributed by atoms with E-state index in [0.717, 1.165) is 6.42 Å². The fourth-order valence-corrected chi connectivity index (χ4v) is 2.38. The van der Waals surface area contributed by atoms with Gasteiger partial charge in [0, 0.05) is 20.1 Å². The third kappa shape index (κ3) is 3.04. The van der Waals surface area contributed by atoms with Crippen molar-refractivity contribution in [2.75, 3.05) is 26.7 Å². The Hall–Kier alpha value is -1.63. The summed E-state index contributed by atoms with van der Waals surface area (Å²) in [5.41, 5.74) is 0. The highest BCUT2D eigenvalue weighted by Crippen LogP contribution is 2.22. The number of nitrogens with zero attached hydrogens (tertiary/aromatic N) is 2. The quantitative estimate of drug-likeness (QED) is 0.717. The van der Waals surface area contributed by atoms with Crippen molar-refractivity contribution in [3.63, 3.8) is 0 Å². The van der Waals surface area contributed by atoms with Crippen molar-refractivity contribution in [1.29, 1.82) is 0 Å². The van der Waals surface area contributed by atoms with Crippen LogP contribution >= 0.6 is 0 Å². The molecule has 7 heteroatoms. The van der Waals surface area contributed by atoms with Crippen LogP contribution in [0.3, 0.4) is 0 Å². The van der Waals surface area contributed by atoms with Gasteiger partial charge in [-0.25, -0.2) is 4.79 Å². The summed E-state index contributed by atoms with van der Waals surface area (Å²) in [6.07, 6.45) is -0.163. The zero-order chi connectivity index (χ0) is 14.0. The first-order chi connectivity index (χ1) is 8.99. The minimum Gasteiger partial charge on any atom is -0.479 e. The summed E-state index contributed by atoms with van der Waals surface area (Å²) in [7, 11) is 1.71. The minimum absolute atomic E-state index is 0.0485. The number of carbonyl (C=O) groups is 3. The summed E-state index contributed by atoms with van der Waals surface area (Å²) in [6.45, 7) is 1.19. The summed E-state index contributed by atoms with van der Waals surface area (Å²) in [4.78, 5) is 37.8. The summed E-state index contributed by atoms with van der Waals surface area (Å²) < 4.78 is 5.23. The molecule has 0 spiro atoms. The number of likely N-dealkylation sites (N-methyl/N-ethyl adjacent to an activating group) is 1. The lowest BCUT2D eigenvalue weighted by Crippen LogP contribution is -2.43. The van der Waals surface area contributed by atoms with Crippen LogP contribution in [0.25, 0.3) is 0 Å². The van der Waals surface area contributed by atoms with Gasteiger partial charge >= 0.3 is 5.97 Å². The van der Waals surface area contributed by atoms with Gasteiger partial charge in [0.1, 0.15) is 6.10 Å². The van der Waals surface area contributed by atoms with Crippen LogP contribution in [0.4, 0.5) is 0 Å². The van der Waals surface area contributed by atoms with Crippen LogP contribution in [-0.4, -0.2) is 71.6 Å². The Morgan fingerprint density at radius 3 is 2.58 bits per heavy atom. The van der Waals surface area contributed by atoms with Gasteiger partial charge in [-0.05, 0) is 19.3 Å². The van der Waals surface area contributed by atoms with E-state index in [0.29, 0.717) is 25.9 Å². The van der Waals surface area contributed by atoms with Crippen molar-refractivity contribution >= 4 is 17.8 Å². The molecule has 19 heavy (non-hydrogen) atoms. The largest absolute Gasteiger partial charge is 0.479 e. The van der Waals surface area contributed by atoms with Crippen molar-refractivity contribution < 1.29 is 24.2 Å². The molecule has 0 aromatic heterocycles. The van der Waals surface area contributed by atoms with Crippen LogP contribution < -0.4 is 0 Å². The Labute approximate surface area is 111 Å². The van der Waals surface area contributed by atoms with Gasteiger partial charge in [0.05, 0.1) is 6.54 Å². The number of amides is 2. The predicted octanol–water partition coefficient (Wildman–Crippen LogP) is -0.691. The molecule has 0 radical (unpaired) electrons. The van der Waals surface area contributed by atoms with Gasteiger partial charge in [0.15, 0.2) is 6.10 Å². The zero-order valence-corrected chi connectivity index (χ0v) is 10.9. The molecule has 0 aliphatic carbocycles. The first kappa shape index (κ1) is 13.8. The van der Waals surface area contributed by atoms with E-state index in [-0.39, 0.29) is 18.4 Å².